The van der Waals surface area contributed by atoms with Crippen LogP contribution in [0.4, 0.5) is 5.82 Å². The highest BCUT2D eigenvalue weighted by molar-refractivity contribution is 6.29. The van der Waals surface area contributed by atoms with Gasteiger partial charge in [0.2, 0.25) is 5.91 Å². The topological polar surface area (TPSA) is 62.2 Å². The molecule has 0 aliphatic heterocycles. The SMILES string of the molecule is CC(O)CCC(=O)Nc1cccc(Cl)n1. The predicted molar refractivity (Wildman–Crippen MR) is 58.8 cm³/mol. The molecule has 0 spiro atoms. The molecule has 1 heterocycles. The minimum absolute atomic E-state index is 0.175. The molecular formula is C10H13ClN2O2. The molecule has 1 rings (SSSR count). The monoisotopic (exact) mass is 228 g/mol. The van der Waals surface area contributed by atoms with Crippen LogP contribution >= 0.6 is 11.6 Å². The zero-order chi connectivity index (χ0) is 11.3. The van der Waals surface area contributed by atoms with Gasteiger partial charge in [-0.15, -0.1) is 0 Å². The molecule has 1 atom stereocenters. The summed E-state index contributed by atoms with van der Waals surface area (Å²) in [6.45, 7) is 1.64. The lowest BCUT2D eigenvalue weighted by molar-refractivity contribution is -0.116. The number of hydrogen-bond acceptors (Lipinski definition) is 3. The van der Waals surface area contributed by atoms with Gasteiger partial charge in [-0.05, 0) is 25.5 Å². The Labute approximate surface area is 93.3 Å². The lowest BCUT2D eigenvalue weighted by Crippen LogP contribution is -2.14. The van der Waals surface area contributed by atoms with Crippen LogP contribution in [0.5, 0.6) is 0 Å². The number of hydrogen-bond donors (Lipinski definition) is 2. The van der Waals surface area contributed by atoms with Crippen LogP contribution < -0.4 is 5.32 Å². The second kappa shape index (κ2) is 5.68. The van der Waals surface area contributed by atoms with Gasteiger partial charge in [-0.1, -0.05) is 17.7 Å². The summed E-state index contributed by atoms with van der Waals surface area (Å²) in [5.74, 6) is 0.253. The Hall–Kier alpha value is -1.13. The van der Waals surface area contributed by atoms with Gasteiger partial charge in [0.05, 0.1) is 6.10 Å². The molecule has 1 aromatic rings. The molecule has 2 N–H and O–H groups in total. The highest BCUT2D eigenvalue weighted by atomic mass is 35.5. The van der Waals surface area contributed by atoms with Gasteiger partial charge in [0.15, 0.2) is 0 Å². The Kier molecular flexibility index (Phi) is 4.52. The second-order valence-electron chi connectivity index (χ2n) is 3.28. The molecule has 0 aliphatic carbocycles. The third-order valence-corrected chi connectivity index (χ3v) is 1.98. The first-order valence-corrected chi connectivity index (χ1v) is 5.06. The number of carbonyl (C=O) groups excluding carboxylic acids is 1. The maximum atomic E-state index is 11.3. The van der Waals surface area contributed by atoms with E-state index >= 15 is 0 Å². The summed E-state index contributed by atoms with van der Waals surface area (Å²) in [5, 5.41) is 11.9. The van der Waals surface area contributed by atoms with Crippen LogP contribution in [0.3, 0.4) is 0 Å². The van der Waals surface area contributed by atoms with Crippen molar-refractivity contribution in [1.29, 1.82) is 0 Å². The summed E-state index contributed by atoms with van der Waals surface area (Å²) >= 11 is 5.65. The molecule has 1 amide bonds. The number of amides is 1. The van der Waals surface area contributed by atoms with Crippen molar-refractivity contribution >= 4 is 23.3 Å². The van der Waals surface area contributed by atoms with Crippen LogP contribution in [0.25, 0.3) is 0 Å². The summed E-state index contributed by atoms with van der Waals surface area (Å²) in [6, 6.07) is 5.00. The van der Waals surface area contributed by atoms with Gasteiger partial charge in [0, 0.05) is 6.42 Å². The molecule has 0 bridgehead atoms. The Balaban J connectivity index is 2.44. The fourth-order valence-electron chi connectivity index (χ4n) is 1.02. The Morgan fingerprint density at radius 2 is 2.40 bits per heavy atom. The van der Waals surface area contributed by atoms with Crippen molar-refractivity contribution in [2.75, 3.05) is 5.32 Å². The van der Waals surface area contributed by atoms with Crippen molar-refractivity contribution < 1.29 is 9.90 Å². The van der Waals surface area contributed by atoms with Gasteiger partial charge < -0.3 is 10.4 Å². The van der Waals surface area contributed by atoms with Gasteiger partial charge in [-0.2, -0.15) is 0 Å². The molecule has 5 heteroatoms. The maximum Gasteiger partial charge on any atom is 0.225 e. The van der Waals surface area contributed by atoms with Gasteiger partial charge in [-0.25, -0.2) is 4.98 Å². The van der Waals surface area contributed by atoms with E-state index in [1.807, 2.05) is 0 Å². The summed E-state index contributed by atoms with van der Waals surface area (Å²) < 4.78 is 0. The number of carbonyl (C=O) groups is 1. The van der Waals surface area contributed by atoms with Crippen molar-refractivity contribution in [2.24, 2.45) is 0 Å². The molecule has 1 aromatic heterocycles. The summed E-state index contributed by atoms with van der Waals surface area (Å²) in [6.07, 6.45) is 0.237. The zero-order valence-corrected chi connectivity index (χ0v) is 9.16. The summed E-state index contributed by atoms with van der Waals surface area (Å²) in [7, 11) is 0. The lowest BCUT2D eigenvalue weighted by atomic mass is 10.2. The molecule has 0 aromatic carbocycles. The molecule has 4 nitrogen and oxygen atoms in total. The van der Waals surface area contributed by atoms with E-state index in [2.05, 4.69) is 10.3 Å². The number of anilines is 1. The average molecular weight is 229 g/mol. The normalized spacial score (nSPS) is 12.2. The highest BCUT2D eigenvalue weighted by Gasteiger charge is 2.05. The minimum Gasteiger partial charge on any atom is -0.393 e. The van der Waals surface area contributed by atoms with Crippen LogP contribution in [0.15, 0.2) is 18.2 Å². The number of aliphatic hydroxyl groups excluding tert-OH is 1. The molecule has 0 aliphatic rings. The van der Waals surface area contributed by atoms with Crippen LogP contribution in [-0.4, -0.2) is 22.1 Å². The average Bonchev–Trinajstić information content (AvgIpc) is 2.15. The van der Waals surface area contributed by atoms with E-state index in [9.17, 15) is 4.79 Å². The van der Waals surface area contributed by atoms with Crippen molar-refractivity contribution in [3.05, 3.63) is 23.4 Å². The Morgan fingerprint density at radius 3 is 3.00 bits per heavy atom. The molecule has 0 radical (unpaired) electrons. The van der Waals surface area contributed by atoms with E-state index in [0.29, 0.717) is 17.4 Å². The smallest absolute Gasteiger partial charge is 0.225 e. The fraction of sp³-hybridized carbons (Fsp3) is 0.400. The highest BCUT2D eigenvalue weighted by Crippen LogP contribution is 2.09. The Morgan fingerprint density at radius 1 is 1.67 bits per heavy atom. The van der Waals surface area contributed by atoms with Crippen molar-refractivity contribution in [3.8, 4) is 0 Å². The van der Waals surface area contributed by atoms with E-state index in [1.165, 1.54) is 0 Å². The Bertz CT molecular complexity index is 342. The molecule has 1 unspecified atom stereocenters. The predicted octanol–water partition coefficient (Wildman–Crippen LogP) is 1.83. The third kappa shape index (κ3) is 4.76. The van der Waals surface area contributed by atoms with Gasteiger partial charge in [-0.3, -0.25) is 4.79 Å². The zero-order valence-electron chi connectivity index (χ0n) is 8.40. The lowest BCUT2D eigenvalue weighted by Gasteiger charge is -2.05. The standard InChI is InChI=1S/C10H13ClN2O2/c1-7(14)5-6-10(15)13-9-4-2-3-8(11)12-9/h2-4,7,14H,5-6H2,1H3,(H,12,13,15). The number of aliphatic hydroxyl groups is 1. The quantitative estimate of drug-likeness (QED) is 0.773. The van der Waals surface area contributed by atoms with Gasteiger partial charge in [0.1, 0.15) is 11.0 Å². The van der Waals surface area contributed by atoms with Crippen LogP contribution in [-0.2, 0) is 4.79 Å². The minimum atomic E-state index is -0.469. The largest absolute Gasteiger partial charge is 0.393 e. The first kappa shape index (κ1) is 11.9. The maximum absolute atomic E-state index is 11.3. The molecule has 15 heavy (non-hydrogen) atoms. The first-order valence-electron chi connectivity index (χ1n) is 4.68. The number of pyridine rings is 1. The molecule has 0 saturated heterocycles. The van der Waals surface area contributed by atoms with E-state index < -0.39 is 6.10 Å². The van der Waals surface area contributed by atoms with Crippen molar-refractivity contribution in [3.63, 3.8) is 0 Å². The van der Waals surface area contributed by atoms with Crippen LogP contribution in [0, 0.1) is 0 Å². The van der Waals surface area contributed by atoms with Gasteiger partial charge in [0.25, 0.3) is 0 Å². The van der Waals surface area contributed by atoms with Crippen molar-refractivity contribution in [2.45, 2.75) is 25.9 Å². The van der Waals surface area contributed by atoms with Crippen LogP contribution in [0.2, 0.25) is 5.15 Å². The molecular weight excluding hydrogens is 216 g/mol. The van der Waals surface area contributed by atoms with E-state index in [1.54, 1.807) is 25.1 Å². The summed E-state index contributed by atoms with van der Waals surface area (Å²) in [4.78, 5) is 15.2. The number of nitrogens with one attached hydrogen (secondary N) is 1. The van der Waals surface area contributed by atoms with E-state index in [0.717, 1.165) is 0 Å². The van der Waals surface area contributed by atoms with E-state index in [-0.39, 0.29) is 12.3 Å². The third-order valence-electron chi connectivity index (χ3n) is 1.77. The number of nitrogens with zero attached hydrogens (tertiary/aromatic N) is 1. The number of rotatable bonds is 4. The molecule has 0 fully saturated rings. The molecule has 0 saturated carbocycles. The van der Waals surface area contributed by atoms with E-state index in [4.69, 9.17) is 16.7 Å². The van der Waals surface area contributed by atoms with Crippen molar-refractivity contribution in [1.82, 2.24) is 4.98 Å². The number of aromatic nitrogens is 1. The molecule has 82 valence electrons. The number of halogens is 1. The van der Waals surface area contributed by atoms with Gasteiger partial charge >= 0.3 is 0 Å². The first-order chi connectivity index (χ1) is 7.08. The fourth-order valence-corrected chi connectivity index (χ4v) is 1.19. The second-order valence-corrected chi connectivity index (χ2v) is 3.67. The summed E-state index contributed by atoms with van der Waals surface area (Å²) in [5.41, 5.74) is 0. The van der Waals surface area contributed by atoms with Crippen LogP contribution in [0.1, 0.15) is 19.8 Å².